The summed E-state index contributed by atoms with van der Waals surface area (Å²) in [7, 11) is 0. The summed E-state index contributed by atoms with van der Waals surface area (Å²) in [5.74, 6) is 0.531. The van der Waals surface area contributed by atoms with E-state index in [1.807, 2.05) is 6.07 Å². The lowest BCUT2D eigenvalue weighted by atomic mass is 9.97. The summed E-state index contributed by atoms with van der Waals surface area (Å²) in [6.45, 7) is 0. The normalized spacial score (nSPS) is 11.1. The monoisotopic (exact) mass is 346 g/mol. The minimum Gasteiger partial charge on any atom is -0.384 e. The van der Waals surface area contributed by atoms with Gasteiger partial charge in [-0.05, 0) is 50.9 Å². The first-order valence-corrected chi connectivity index (χ1v) is 9.03. The minimum absolute atomic E-state index is 0.531. The number of fused-ring (bicyclic) bond motifs is 2. The second-order valence-electron chi connectivity index (χ2n) is 6.75. The third-order valence-corrected chi connectivity index (χ3v) is 4.99. The highest BCUT2D eigenvalue weighted by molar-refractivity contribution is 5.97. The Hall–Kier alpha value is -3.65. The van der Waals surface area contributed by atoms with E-state index >= 15 is 0 Å². The number of anilines is 1. The molecule has 128 valence electrons. The highest BCUT2D eigenvalue weighted by atomic mass is 14.8. The predicted molar refractivity (Wildman–Crippen MR) is 115 cm³/mol. The van der Waals surface area contributed by atoms with E-state index in [0.717, 1.165) is 22.4 Å². The van der Waals surface area contributed by atoms with Crippen molar-refractivity contribution in [1.82, 2.24) is 4.98 Å². The van der Waals surface area contributed by atoms with Crippen LogP contribution in [-0.4, -0.2) is 4.98 Å². The number of aromatic nitrogens is 1. The van der Waals surface area contributed by atoms with Crippen LogP contribution in [0.4, 0.5) is 5.82 Å². The van der Waals surface area contributed by atoms with Gasteiger partial charge in [-0.3, -0.25) is 0 Å². The van der Waals surface area contributed by atoms with E-state index in [1.54, 1.807) is 0 Å². The molecule has 0 radical (unpaired) electrons. The first-order valence-electron chi connectivity index (χ1n) is 9.03. The molecule has 2 N–H and O–H groups in total. The molecule has 0 aliphatic carbocycles. The molecule has 0 spiro atoms. The summed E-state index contributed by atoms with van der Waals surface area (Å²) in [6, 6.07) is 33.6. The highest BCUT2D eigenvalue weighted by Gasteiger charge is 2.09. The van der Waals surface area contributed by atoms with Gasteiger partial charge in [-0.2, -0.15) is 0 Å². The van der Waals surface area contributed by atoms with Crippen molar-refractivity contribution in [3.05, 3.63) is 97.1 Å². The maximum absolute atomic E-state index is 6.18. The summed E-state index contributed by atoms with van der Waals surface area (Å²) >= 11 is 0. The number of nitrogen functional groups attached to an aromatic ring is 1. The number of hydrogen-bond donors (Lipinski definition) is 1. The molecule has 0 fully saturated rings. The Bertz CT molecular complexity index is 1280. The Morgan fingerprint density at radius 3 is 2.19 bits per heavy atom. The van der Waals surface area contributed by atoms with Crippen molar-refractivity contribution in [2.24, 2.45) is 0 Å². The second kappa shape index (κ2) is 6.26. The van der Waals surface area contributed by atoms with Gasteiger partial charge in [-0.25, -0.2) is 4.98 Å². The van der Waals surface area contributed by atoms with Crippen molar-refractivity contribution in [3.8, 4) is 22.4 Å². The van der Waals surface area contributed by atoms with Crippen LogP contribution in [-0.2, 0) is 0 Å². The van der Waals surface area contributed by atoms with Crippen LogP contribution in [0.3, 0.4) is 0 Å². The molecule has 5 aromatic rings. The van der Waals surface area contributed by atoms with Gasteiger partial charge < -0.3 is 5.73 Å². The lowest BCUT2D eigenvalue weighted by Crippen LogP contribution is -1.94. The van der Waals surface area contributed by atoms with Crippen LogP contribution in [0.25, 0.3) is 43.9 Å². The Labute approximate surface area is 157 Å². The van der Waals surface area contributed by atoms with E-state index in [4.69, 9.17) is 5.73 Å². The molecule has 0 aliphatic heterocycles. The van der Waals surface area contributed by atoms with E-state index < -0.39 is 0 Å². The third kappa shape index (κ3) is 2.81. The van der Waals surface area contributed by atoms with Crippen molar-refractivity contribution in [2.75, 3.05) is 5.73 Å². The standard InChI is InChI=1S/C25H18N2/c26-25-16-21(20-13-12-17-6-1-2-8-19(17)14-20)15-24(27-25)23-11-5-9-18-7-3-4-10-22(18)23/h1-16H,(H2,26,27). The average molecular weight is 346 g/mol. The second-order valence-corrected chi connectivity index (χ2v) is 6.75. The Morgan fingerprint density at radius 2 is 1.30 bits per heavy atom. The van der Waals surface area contributed by atoms with Gasteiger partial charge in [0.2, 0.25) is 0 Å². The molecule has 0 atom stereocenters. The summed E-state index contributed by atoms with van der Waals surface area (Å²) in [5, 5.41) is 4.84. The number of nitrogens with two attached hydrogens (primary N) is 1. The third-order valence-electron chi connectivity index (χ3n) is 4.99. The molecule has 0 aliphatic rings. The van der Waals surface area contributed by atoms with Crippen LogP contribution in [0.15, 0.2) is 97.1 Å². The van der Waals surface area contributed by atoms with Crippen molar-refractivity contribution in [3.63, 3.8) is 0 Å². The molecule has 0 amide bonds. The van der Waals surface area contributed by atoms with Crippen molar-refractivity contribution >= 4 is 27.4 Å². The molecule has 27 heavy (non-hydrogen) atoms. The van der Waals surface area contributed by atoms with E-state index in [1.165, 1.54) is 21.5 Å². The lowest BCUT2D eigenvalue weighted by Gasteiger charge is -2.10. The molecule has 1 aromatic heterocycles. The van der Waals surface area contributed by atoms with Crippen LogP contribution < -0.4 is 5.73 Å². The van der Waals surface area contributed by atoms with E-state index in [-0.39, 0.29) is 0 Å². The van der Waals surface area contributed by atoms with Gasteiger partial charge in [0.25, 0.3) is 0 Å². The number of benzene rings is 4. The topological polar surface area (TPSA) is 38.9 Å². The molecule has 2 heteroatoms. The summed E-state index contributed by atoms with van der Waals surface area (Å²) in [4.78, 5) is 4.62. The van der Waals surface area contributed by atoms with Crippen LogP contribution in [0.2, 0.25) is 0 Å². The predicted octanol–water partition coefficient (Wildman–Crippen LogP) is 6.30. The first-order chi connectivity index (χ1) is 13.3. The fourth-order valence-electron chi connectivity index (χ4n) is 3.67. The van der Waals surface area contributed by atoms with Crippen LogP contribution in [0.5, 0.6) is 0 Å². The molecule has 5 rings (SSSR count). The maximum Gasteiger partial charge on any atom is 0.124 e. The number of pyridine rings is 1. The van der Waals surface area contributed by atoms with Crippen molar-refractivity contribution in [2.45, 2.75) is 0 Å². The zero-order valence-electron chi connectivity index (χ0n) is 14.8. The van der Waals surface area contributed by atoms with Gasteiger partial charge in [0.1, 0.15) is 5.82 Å². The Morgan fingerprint density at radius 1 is 0.556 bits per heavy atom. The number of hydrogen-bond acceptors (Lipinski definition) is 2. The van der Waals surface area contributed by atoms with Gasteiger partial charge in [-0.15, -0.1) is 0 Å². The van der Waals surface area contributed by atoms with Gasteiger partial charge in [0, 0.05) is 5.56 Å². The summed E-state index contributed by atoms with van der Waals surface area (Å²) < 4.78 is 0. The SMILES string of the molecule is Nc1cc(-c2ccc3ccccc3c2)cc(-c2cccc3ccccc23)n1. The van der Waals surface area contributed by atoms with Gasteiger partial charge in [-0.1, -0.05) is 78.9 Å². The Kier molecular flexibility index (Phi) is 3.61. The maximum atomic E-state index is 6.18. The van der Waals surface area contributed by atoms with E-state index in [9.17, 15) is 0 Å². The first kappa shape index (κ1) is 15.6. The fraction of sp³-hybridized carbons (Fsp3) is 0. The van der Waals surface area contributed by atoms with Crippen molar-refractivity contribution in [1.29, 1.82) is 0 Å². The van der Waals surface area contributed by atoms with Crippen molar-refractivity contribution < 1.29 is 0 Å². The van der Waals surface area contributed by atoms with Gasteiger partial charge in [0.15, 0.2) is 0 Å². The molecule has 1 heterocycles. The zero-order chi connectivity index (χ0) is 18.2. The molecule has 2 nitrogen and oxygen atoms in total. The van der Waals surface area contributed by atoms with Crippen LogP contribution in [0.1, 0.15) is 0 Å². The largest absolute Gasteiger partial charge is 0.384 e. The quantitative estimate of drug-likeness (QED) is 0.407. The average Bonchev–Trinajstić information content (AvgIpc) is 2.72. The van der Waals surface area contributed by atoms with Crippen LogP contribution >= 0.6 is 0 Å². The fourth-order valence-corrected chi connectivity index (χ4v) is 3.67. The van der Waals surface area contributed by atoms with E-state index in [0.29, 0.717) is 5.82 Å². The molecule has 0 saturated carbocycles. The number of nitrogens with zero attached hydrogens (tertiary/aromatic N) is 1. The highest BCUT2D eigenvalue weighted by Crippen LogP contribution is 2.32. The molecule has 4 aromatic carbocycles. The molecular weight excluding hydrogens is 328 g/mol. The van der Waals surface area contributed by atoms with Gasteiger partial charge >= 0.3 is 0 Å². The number of rotatable bonds is 2. The smallest absolute Gasteiger partial charge is 0.124 e. The Balaban J connectivity index is 1.70. The molecule has 0 bridgehead atoms. The lowest BCUT2D eigenvalue weighted by molar-refractivity contribution is 1.34. The molecular formula is C25H18N2. The summed E-state index contributed by atoms with van der Waals surface area (Å²) in [6.07, 6.45) is 0. The minimum atomic E-state index is 0.531. The molecule has 0 saturated heterocycles. The van der Waals surface area contributed by atoms with E-state index in [2.05, 4.69) is 96.0 Å². The molecule has 0 unspecified atom stereocenters. The summed E-state index contributed by atoms with van der Waals surface area (Å²) in [5.41, 5.74) is 10.4. The zero-order valence-corrected chi connectivity index (χ0v) is 14.8. The van der Waals surface area contributed by atoms with Crippen LogP contribution in [0, 0.1) is 0 Å². The van der Waals surface area contributed by atoms with Gasteiger partial charge in [0.05, 0.1) is 5.69 Å².